The van der Waals surface area contributed by atoms with Crippen LogP contribution in [0.25, 0.3) is 6.08 Å². The van der Waals surface area contributed by atoms with E-state index in [4.69, 9.17) is 0 Å². The zero-order valence-electron chi connectivity index (χ0n) is 12.4. The van der Waals surface area contributed by atoms with Gasteiger partial charge in [0.25, 0.3) is 0 Å². The fraction of sp³-hybridized carbons (Fsp3) is 0.235. The second kappa shape index (κ2) is 6.30. The third-order valence-electron chi connectivity index (χ3n) is 3.53. The van der Waals surface area contributed by atoms with Crippen molar-refractivity contribution >= 4 is 11.9 Å². The van der Waals surface area contributed by atoms with E-state index in [-0.39, 0.29) is 11.1 Å². The summed E-state index contributed by atoms with van der Waals surface area (Å²) in [5.74, 6) is -2.00. The SMILES string of the molecule is CC1C(=O)C=C(/C=C/c2cccc(C(F)(F)F)c2)C=C1C(F)(F)F. The molecule has 0 radical (unpaired) electrons. The maximum atomic E-state index is 12.9. The van der Waals surface area contributed by atoms with Gasteiger partial charge in [-0.25, -0.2) is 0 Å². The van der Waals surface area contributed by atoms with E-state index in [1.807, 2.05) is 0 Å². The third-order valence-corrected chi connectivity index (χ3v) is 3.53. The molecule has 0 aromatic heterocycles. The van der Waals surface area contributed by atoms with E-state index in [9.17, 15) is 31.1 Å². The summed E-state index contributed by atoms with van der Waals surface area (Å²) in [6, 6.07) is 4.35. The lowest BCUT2D eigenvalue weighted by Crippen LogP contribution is -2.25. The molecule has 1 aromatic carbocycles. The standard InChI is InChI=1S/C17H12F6O/c1-10-14(17(21,22)23)8-12(9-15(10)24)6-5-11-3-2-4-13(7-11)16(18,19)20/h2-10H,1H3/b6-5+. The number of rotatable bonds is 2. The van der Waals surface area contributed by atoms with Crippen LogP contribution in [0.2, 0.25) is 0 Å². The van der Waals surface area contributed by atoms with Crippen molar-refractivity contribution in [2.75, 3.05) is 0 Å². The van der Waals surface area contributed by atoms with Crippen LogP contribution in [0, 0.1) is 5.92 Å². The van der Waals surface area contributed by atoms with Crippen LogP contribution in [0.15, 0.2) is 53.6 Å². The summed E-state index contributed by atoms with van der Waals surface area (Å²) in [6.45, 7) is 1.16. The number of hydrogen-bond acceptors (Lipinski definition) is 1. The zero-order valence-corrected chi connectivity index (χ0v) is 12.4. The minimum atomic E-state index is -4.64. The molecule has 7 heteroatoms. The second-order valence-corrected chi connectivity index (χ2v) is 5.32. The highest BCUT2D eigenvalue weighted by atomic mass is 19.4. The first-order valence-electron chi connectivity index (χ1n) is 6.88. The van der Waals surface area contributed by atoms with Gasteiger partial charge in [0, 0.05) is 11.5 Å². The molecule has 24 heavy (non-hydrogen) atoms. The van der Waals surface area contributed by atoms with Gasteiger partial charge in [0.1, 0.15) is 0 Å². The molecule has 0 N–H and O–H groups in total. The minimum Gasteiger partial charge on any atom is -0.294 e. The van der Waals surface area contributed by atoms with Crippen LogP contribution >= 0.6 is 0 Å². The van der Waals surface area contributed by atoms with Gasteiger partial charge < -0.3 is 0 Å². The Bertz CT molecular complexity index is 734. The molecular weight excluding hydrogens is 334 g/mol. The van der Waals surface area contributed by atoms with Crippen LogP contribution in [0.4, 0.5) is 26.3 Å². The van der Waals surface area contributed by atoms with Gasteiger partial charge >= 0.3 is 12.4 Å². The van der Waals surface area contributed by atoms with Crippen LogP contribution in [0.5, 0.6) is 0 Å². The van der Waals surface area contributed by atoms with Gasteiger partial charge in [-0.15, -0.1) is 0 Å². The van der Waals surface area contributed by atoms with Gasteiger partial charge in [-0.05, 0) is 35.4 Å². The van der Waals surface area contributed by atoms with E-state index in [1.54, 1.807) is 0 Å². The summed E-state index contributed by atoms with van der Waals surface area (Å²) in [4.78, 5) is 11.7. The number of carbonyl (C=O) groups is 1. The predicted octanol–water partition coefficient (Wildman–Crippen LogP) is 5.35. The highest BCUT2D eigenvalue weighted by Gasteiger charge is 2.40. The molecule has 2 rings (SSSR count). The van der Waals surface area contributed by atoms with E-state index in [0.717, 1.165) is 31.2 Å². The first kappa shape index (κ1) is 18.0. The number of halogens is 6. The molecule has 1 nitrogen and oxygen atoms in total. The fourth-order valence-electron chi connectivity index (χ4n) is 2.22. The van der Waals surface area contributed by atoms with Crippen molar-refractivity contribution in [2.24, 2.45) is 5.92 Å². The smallest absolute Gasteiger partial charge is 0.294 e. The molecular formula is C17H12F6O. The van der Waals surface area contributed by atoms with Crippen LogP contribution < -0.4 is 0 Å². The van der Waals surface area contributed by atoms with Crippen molar-refractivity contribution in [2.45, 2.75) is 19.3 Å². The predicted molar refractivity (Wildman–Crippen MR) is 76.9 cm³/mol. The zero-order chi connectivity index (χ0) is 18.1. The average Bonchev–Trinajstić information content (AvgIpc) is 2.46. The minimum absolute atomic E-state index is 0.0113. The summed E-state index contributed by atoms with van der Waals surface area (Å²) >= 11 is 0. The van der Waals surface area contributed by atoms with Gasteiger partial charge in [-0.3, -0.25) is 4.79 Å². The number of allylic oxidation sites excluding steroid dienone is 5. The quantitative estimate of drug-likeness (QED) is 0.660. The monoisotopic (exact) mass is 346 g/mol. The Morgan fingerprint density at radius 3 is 2.21 bits per heavy atom. The molecule has 0 aliphatic heterocycles. The van der Waals surface area contributed by atoms with Crippen LogP contribution in [-0.2, 0) is 11.0 Å². The molecule has 128 valence electrons. The van der Waals surface area contributed by atoms with Gasteiger partial charge in [0.05, 0.1) is 5.56 Å². The molecule has 1 aliphatic carbocycles. The Kier molecular flexibility index (Phi) is 4.73. The van der Waals surface area contributed by atoms with Crippen molar-refractivity contribution in [3.63, 3.8) is 0 Å². The maximum absolute atomic E-state index is 12.9. The molecule has 1 aromatic rings. The van der Waals surface area contributed by atoms with Crippen molar-refractivity contribution in [3.05, 3.63) is 64.8 Å². The average molecular weight is 346 g/mol. The molecule has 1 atom stereocenters. The summed E-state index contributed by atoms with van der Waals surface area (Å²) in [5.41, 5.74) is -1.68. The van der Waals surface area contributed by atoms with E-state index in [1.165, 1.54) is 24.3 Å². The summed E-state index contributed by atoms with van der Waals surface area (Å²) < 4.78 is 76.5. The van der Waals surface area contributed by atoms with Gasteiger partial charge in [0.2, 0.25) is 0 Å². The fourth-order valence-corrected chi connectivity index (χ4v) is 2.22. The number of benzene rings is 1. The molecule has 0 fully saturated rings. The molecule has 0 saturated heterocycles. The highest BCUT2D eigenvalue weighted by molar-refractivity contribution is 5.97. The van der Waals surface area contributed by atoms with E-state index in [2.05, 4.69) is 0 Å². The Morgan fingerprint density at radius 2 is 1.62 bits per heavy atom. The number of hydrogen-bond donors (Lipinski definition) is 0. The van der Waals surface area contributed by atoms with Crippen molar-refractivity contribution < 1.29 is 31.1 Å². The third kappa shape index (κ3) is 4.15. The maximum Gasteiger partial charge on any atom is 0.416 e. The molecule has 0 heterocycles. The Morgan fingerprint density at radius 1 is 0.958 bits per heavy atom. The van der Waals surface area contributed by atoms with Crippen LogP contribution in [0.3, 0.4) is 0 Å². The largest absolute Gasteiger partial charge is 0.416 e. The van der Waals surface area contributed by atoms with Gasteiger partial charge in [0.15, 0.2) is 5.78 Å². The molecule has 0 amide bonds. The van der Waals surface area contributed by atoms with E-state index in [0.29, 0.717) is 0 Å². The number of alkyl halides is 6. The first-order valence-corrected chi connectivity index (χ1v) is 6.88. The number of ketones is 1. The molecule has 0 spiro atoms. The normalized spacial score (nSPS) is 19.5. The Labute approximate surface area is 134 Å². The Hall–Kier alpha value is -2.31. The lowest BCUT2D eigenvalue weighted by atomic mass is 9.88. The summed E-state index contributed by atoms with van der Waals surface area (Å²) in [6.07, 6.45) is -4.86. The first-order chi connectivity index (χ1) is 11.0. The van der Waals surface area contributed by atoms with Crippen molar-refractivity contribution in [1.29, 1.82) is 0 Å². The lowest BCUT2D eigenvalue weighted by molar-refractivity contribution is -0.137. The molecule has 1 unspecified atom stereocenters. The van der Waals surface area contributed by atoms with Gasteiger partial charge in [-0.1, -0.05) is 31.2 Å². The van der Waals surface area contributed by atoms with Crippen molar-refractivity contribution in [3.8, 4) is 0 Å². The highest BCUT2D eigenvalue weighted by Crippen LogP contribution is 2.36. The molecule has 0 saturated carbocycles. The van der Waals surface area contributed by atoms with Gasteiger partial charge in [-0.2, -0.15) is 26.3 Å². The lowest BCUT2D eigenvalue weighted by Gasteiger charge is -2.20. The summed E-state index contributed by atoms with van der Waals surface area (Å²) in [5, 5.41) is 0. The number of carbonyl (C=O) groups excluding carboxylic acids is 1. The van der Waals surface area contributed by atoms with Crippen molar-refractivity contribution in [1.82, 2.24) is 0 Å². The second-order valence-electron chi connectivity index (χ2n) is 5.32. The van der Waals surface area contributed by atoms with E-state index < -0.39 is 35.2 Å². The Balaban J connectivity index is 2.31. The topological polar surface area (TPSA) is 17.1 Å². The molecule has 0 bridgehead atoms. The summed E-state index contributed by atoms with van der Waals surface area (Å²) in [7, 11) is 0. The van der Waals surface area contributed by atoms with Crippen LogP contribution in [-0.4, -0.2) is 12.0 Å². The van der Waals surface area contributed by atoms with Crippen LogP contribution in [0.1, 0.15) is 18.1 Å². The van der Waals surface area contributed by atoms with E-state index >= 15 is 0 Å². The molecule has 1 aliphatic rings.